The number of piperidine rings is 1. The Morgan fingerprint density at radius 3 is 2.69 bits per heavy atom. The van der Waals surface area contributed by atoms with E-state index in [2.05, 4.69) is 20.8 Å². The van der Waals surface area contributed by atoms with Crippen molar-refractivity contribution in [2.45, 2.75) is 60.7 Å². The quantitative estimate of drug-likeness (QED) is 0.640. The molecule has 6 heteroatoms. The third kappa shape index (κ3) is 3.49. The Morgan fingerprint density at radius 2 is 1.88 bits per heavy atom. The molecule has 0 amide bonds. The van der Waals surface area contributed by atoms with Crippen LogP contribution in [0.25, 0.3) is 0 Å². The molecule has 1 aromatic carbocycles. The van der Waals surface area contributed by atoms with E-state index >= 15 is 0 Å². The predicted molar refractivity (Wildman–Crippen MR) is 113 cm³/mol. The van der Waals surface area contributed by atoms with Crippen molar-refractivity contribution in [3.8, 4) is 0 Å². The van der Waals surface area contributed by atoms with Gasteiger partial charge in [0.15, 0.2) is 0 Å². The third-order valence-electron chi connectivity index (χ3n) is 6.15. The number of halogens is 2. The molecule has 0 bridgehead atoms. The van der Waals surface area contributed by atoms with Gasteiger partial charge in [-0.3, -0.25) is 0 Å². The van der Waals surface area contributed by atoms with Gasteiger partial charge in [0.1, 0.15) is 9.90 Å². The molecule has 0 spiro atoms. The Balaban J connectivity index is 1.76. The molecule has 3 saturated heterocycles. The highest BCUT2D eigenvalue weighted by Gasteiger charge is 2.56. The number of hydrogen-bond donors (Lipinski definition) is 1. The van der Waals surface area contributed by atoms with Crippen molar-refractivity contribution in [2.24, 2.45) is 0 Å². The highest BCUT2D eigenvalue weighted by atomic mass is 79.9. The monoisotopic (exact) mass is 459 g/mol. The van der Waals surface area contributed by atoms with Crippen LogP contribution in [0.4, 0.5) is 4.39 Å². The number of thioether (sulfide) groups is 2. The number of rotatable bonds is 2. The van der Waals surface area contributed by atoms with Crippen LogP contribution in [0.5, 0.6) is 0 Å². The lowest BCUT2D eigenvalue weighted by Crippen LogP contribution is -2.52. The van der Waals surface area contributed by atoms with Gasteiger partial charge in [0.25, 0.3) is 0 Å². The van der Waals surface area contributed by atoms with E-state index in [4.69, 9.17) is 0 Å². The summed E-state index contributed by atoms with van der Waals surface area (Å²) < 4.78 is 15.3. The first-order chi connectivity index (χ1) is 12.5. The molecule has 0 radical (unpaired) electrons. The average molecular weight is 460 g/mol. The summed E-state index contributed by atoms with van der Waals surface area (Å²) >= 11 is 7.07. The Labute approximate surface area is 172 Å². The first-order valence-corrected chi connectivity index (χ1v) is 12.5. The minimum atomic E-state index is -0.874. The second-order valence-electron chi connectivity index (χ2n) is 7.82. The molecule has 1 aromatic rings. The molecule has 0 aromatic heterocycles. The molecule has 2 nitrogen and oxygen atoms in total. The van der Waals surface area contributed by atoms with Crippen LogP contribution in [0.1, 0.15) is 50.5 Å². The van der Waals surface area contributed by atoms with Gasteiger partial charge in [-0.05, 0) is 81.3 Å². The van der Waals surface area contributed by atoms with Crippen LogP contribution in [0, 0.1) is 5.82 Å². The summed E-state index contributed by atoms with van der Waals surface area (Å²) in [5.41, 5.74) is -0.199. The maximum atomic E-state index is 15.0. The smallest absolute Gasteiger partial charge is 0.128 e. The van der Waals surface area contributed by atoms with Crippen molar-refractivity contribution < 1.29 is 9.50 Å². The molecule has 2 atom stereocenters. The lowest BCUT2D eigenvalue weighted by molar-refractivity contribution is -0.00590. The van der Waals surface area contributed by atoms with E-state index < -0.39 is 9.68 Å². The normalized spacial score (nSPS) is 32.7. The van der Waals surface area contributed by atoms with Gasteiger partial charge in [0, 0.05) is 16.1 Å². The van der Waals surface area contributed by atoms with Gasteiger partial charge < -0.3 is 10.0 Å². The van der Waals surface area contributed by atoms with Crippen molar-refractivity contribution in [1.29, 1.82) is 0 Å². The second kappa shape index (κ2) is 7.94. The van der Waals surface area contributed by atoms with Crippen molar-refractivity contribution in [3.05, 3.63) is 34.1 Å². The maximum absolute atomic E-state index is 15.0. The molecule has 3 fully saturated rings. The molecule has 144 valence electrons. The van der Waals surface area contributed by atoms with Crippen LogP contribution in [0.2, 0.25) is 0 Å². The van der Waals surface area contributed by atoms with Crippen molar-refractivity contribution in [2.75, 3.05) is 24.6 Å². The summed E-state index contributed by atoms with van der Waals surface area (Å²) in [6.45, 7) is 2.22. The fourth-order valence-corrected chi connectivity index (χ4v) is 8.97. The van der Waals surface area contributed by atoms with Crippen LogP contribution >= 0.6 is 39.5 Å². The fraction of sp³-hybridized carbons (Fsp3) is 0.700. The van der Waals surface area contributed by atoms with Gasteiger partial charge in [0.2, 0.25) is 0 Å². The van der Waals surface area contributed by atoms with Crippen LogP contribution < -0.4 is 0 Å². The zero-order valence-corrected chi connectivity index (χ0v) is 18.3. The molecule has 1 N–H and O–H groups in total. The molecule has 2 unspecified atom stereocenters. The molecule has 3 heterocycles. The molecule has 0 aliphatic carbocycles. The largest absolute Gasteiger partial charge is 0.387 e. The fourth-order valence-electron chi connectivity index (χ4n) is 4.91. The van der Waals surface area contributed by atoms with Gasteiger partial charge in [-0.15, -0.1) is 23.5 Å². The zero-order valence-electron chi connectivity index (χ0n) is 15.1. The van der Waals surface area contributed by atoms with E-state index in [0.29, 0.717) is 11.6 Å². The number of aliphatic hydroxyl groups is 1. The van der Waals surface area contributed by atoms with E-state index in [1.54, 1.807) is 35.7 Å². The lowest BCUT2D eigenvalue weighted by atomic mass is 9.82. The van der Waals surface area contributed by atoms with E-state index in [1.165, 1.54) is 12.8 Å². The molecular weight excluding hydrogens is 433 g/mol. The van der Waals surface area contributed by atoms with Crippen molar-refractivity contribution >= 4 is 39.5 Å². The molecular formula is C20H27BrFNOS2. The number of hydrogen-bond acceptors (Lipinski definition) is 4. The van der Waals surface area contributed by atoms with Crippen LogP contribution in [-0.4, -0.2) is 46.2 Å². The Hall–Kier alpha value is 0.250. The summed E-state index contributed by atoms with van der Waals surface area (Å²) in [6, 6.07) is 5.64. The van der Waals surface area contributed by atoms with Crippen LogP contribution in [-0.2, 0) is 4.08 Å². The van der Waals surface area contributed by atoms with E-state index in [0.717, 1.165) is 61.2 Å². The number of benzene rings is 1. The summed E-state index contributed by atoms with van der Waals surface area (Å²) in [4.78, 5) is 2.57. The SMILES string of the molecule is OC1(C2(c3cc(Br)ccc3F)SCCCS2)CCCN2CCCCC2C1. The summed E-state index contributed by atoms with van der Waals surface area (Å²) in [5, 5.41) is 12.1. The maximum Gasteiger partial charge on any atom is 0.128 e. The van der Waals surface area contributed by atoms with Crippen LogP contribution in [0.3, 0.4) is 0 Å². The van der Waals surface area contributed by atoms with Crippen molar-refractivity contribution in [1.82, 2.24) is 4.90 Å². The second-order valence-corrected chi connectivity index (χ2v) is 11.6. The van der Waals surface area contributed by atoms with E-state index in [1.807, 2.05) is 6.07 Å². The molecule has 3 aliphatic rings. The Bertz CT molecular complexity index is 655. The standard InChI is InChI=1S/C20H27BrFNOS2/c21-15-6-7-18(22)17(13-15)20(25-11-4-12-26-20)19(24)8-3-10-23-9-2-1-5-16(23)14-19/h6-7,13,16,24H,1-5,8-12,14H2. The predicted octanol–water partition coefficient (Wildman–Crippen LogP) is 5.38. The van der Waals surface area contributed by atoms with E-state index in [9.17, 15) is 9.50 Å². The van der Waals surface area contributed by atoms with Gasteiger partial charge in [-0.1, -0.05) is 22.4 Å². The summed E-state index contributed by atoms with van der Waals surface area (Å²) in [5.74, 6) is 1.78. The topological polar surface area (TPSA) is 23.5 Å². The molecule has 3 aliphatic heterocycles. The molecule has 0 saturated carbocycles. The highest BCUT2D eigenvalue weighted by molar-refractivity contribution is 9.10. The van der Waals surface area contributed by atoms with Crippen molar-refractivity contribution in [3.63, 3.8) is 0 Å². The van der Waals surface area contributed by atoms with Gasteiger partial charge in [0.05, 0.1) is 5.60 Å². The highest BCUT2D eigenvalue weighted by Crippen LogP contribution is 2.61. The lowest BCUT2D eigenvalue weighted by Gasteiger charge is -2.50. The summed E-state index contributed by atoms with van der Waals surface area (Å²) in [7, 11) is 0. The molecule has 4 rings (SSSR count). The average Bonchev–Trinajstić information content (AvgIpc) is 2.83. The minimum absolute atomic E-state index is 0.187. The number of nitrogens with zero attached hydrogens (tertiary/aromatic N) is 1. The van der Waals surface area contributed by atoms with Crippen LogP contribution in [0.15, 0.2) is 22.7 Å². The minimum Gasteiger partial charge on any atom is -0.387 e. The molecule has 26 heavy (non-hydrogen) atoms. The third-order valence-corrected chi connectivity index (χ3v) is 10.4. The van der Waals surface area contributed by atoms with Gasteiger partial charge in [-0.25, -0.2) is 4.39 Å². The Morgan fingerprint density at radius 1 is 1.12 bits per heavy atom. The van der Waals surface area contributed by atoms with E-state index in [-0.39, 0.29) is 5.82 Å². The summed E-state index contributed by atoms with van der Waals surface area (Å²) in [6.07, 6.45) is 7.31. The zero-order chi connectivity index (χ0) is 18.2. The van der Waals surface area contributed by atoms with Gasteiger partial charge in [-0.2, -0.15) is 0 Å². The Kier molecular flexibility index (Phi) is 5.97. The van der Waals surface area contributed by atoms with Gasteiger partial charge >= 0.3 is 0 Å². The number of fused-ring (bicyclic) bond motifs is 1. The first kappa shape index (κ1) is 19.6. The first-order valence-electron chi connectivity index (χ1n) is 9.74.